The fourth-order valence-corrected chi connectivity index (χ4v) is 3.01. The second-order valence-electron chi connectivity index (χ2n) is 6.12. The summed E-state index contributed by atoms with van der Waals surface area (Å²) in [6.45, 7) is 4.46. The lowest BCUT2D eigenvalue weighted by molar-refractivity contribution is -0.123. The molecule has 1 heterocycles. The number of benzene rings is 1. The number of nitrogens with one attached hydrogen (secondary N) is 1. The number of rotatable bonds is 8. The number of carbonyl (C=O) groups excluding carboxylic acids is 2. The zero-order valence-electron chi connectivity index (χ0n) is 14.3. The topological polar surface area (TPSA) is 84.7 Å². The lowest BCUT2D eigenvalue weighted by Crippen LogP contribution is -2.46. The van der Waals surface area contributed by atoms with Crippen LogP contribution in [0.25, 0.3) is 0 Å². The quantitative estimate of drug-likeness (QED) is 0.746. The number of aryl methyl sites for hydroxylation is 1. The van der Waals surface area contributed by atoms with Crippen LogP contribution in [0.15, 0.2) is 24.3 Å². The van der Waals surface area contributed by atoms with Crippen molar-refractivity contribution in [2.24, 2.45) is 5.73 Å². The summed E-state index contributed by atoms with van der Waals surface area (Å²) < 4.78 is 5.59. The predicted molar refractivity (Wildman–Crippen MR) is 92.7 cm³/mol. The molecule has 0 atom stereocenters. The summed E-state index contributed by atoms with van der Waals surface area (Å²) >= 11 is 0. The Morgan fingerprint density at radius 2 is 2.00 bits per heavy atom. The average molecular weight is 333 g/mol. The minimum absolute atomic E-state index is 0.0645. The van der Waals surface area contributed by atoms with Gasteiger partial charge in [-0.15, -0.1) is 0 Å². The van der Waals surface area contributed by atoms with E-state index in [1.807, 2.05) is 36.1 Å². The molecule has 2 rings (SSSR count). The molecule has 132 valence electrons. The first kappa shape index (κ1) is 18.3. The minimum Gasteiger partial charge on any atom is -0.494 e. The van der Waals surface area contributed by atoms with E-state index >= 15 is 0 Å². The Labute approximate surface area is 143 Å². The number of nitrogens with two attached hydrogens (primary N) is 1. The van der Waals surface area contributed by atoms with Crippen molar-refractivity contribution >= 4 is 11.8 Å². The molecule has 0 radical (unpaired) electrons. The van der Waals surface area contributed by atoms with Gasteiger partial charge in [-0.1, -0.05) is 18.2 Å². The van der Waals surface area contributed by atoms with Crippen LogP contribution in [-0.4, -0.2) is 49.0 Å². The Kier molecular flexibility index (Phi) is 7.06. The number of hydrogen-bond donors (Lipinski definition) is 2. The van der Waals surface area contributed by atoms with Crippen molar-refractivity contribution in [1.82, 2.24) is 10.2 Å². The number of nitrogens with zero attached hydrogens (tertiary/aromatic N) is 1. The van der Waals surface area contributed by atoms with Crippen molar-refractivity contribution in [1.29, 1.82) is 0 Å². The first-order valence-corrected chi connectivity index (χ1v) is 8.59. The van der Waals surface area contributed by atoms with E-state index < -0.39 is 0 Å². The van der Waals surface area contributed by atoms with E-state index in [2.05, 4.69) is 5.32 Å². The summed E-state index contributed by atoms with van der Waals surface area (Å²) in [5.41, 5.74) is 6.27. The summed E-state index contributed by atoms with van der Waals surface area (Å²) in [5.74, 6) is 0.618. The zero-order valence-corrected chi connectivity index (χ0v) is 14.3. The first-order valence-electron chi connectivity index (χ1n) is 8.59. The molecular formula is C18H27N3O3. The van der Waals surface area contributed by atoms with Gasteiger partial charge in [0.15, 0.2) is 0 Å². The standard InChI is InChI=1S/C18H27N3O3/c1-2-24-16-6-4-3-5-14(16)7-8-18(23)20-15-9-11-21(12-10-15)13-17(19)22/h3-6,15H,2,7-13H2,1H3,(H2,19,22)(H,20,23). The summed E-state index contributed by atoms with van der Waals surface area (Å²) in [4.78, 5) is 25.1. The molecule has 0 aliphatic carbocycles. The third kappa shape index (κ3) is 5.85. The molecule has 6 heteroatoms. The van der Waals surface area contributed by atoms with Crippen molar-refractivity contribution in [3.05, 3.63) is 29.8 Å². The van der Waals surface area contributed by atoms with Gasteiger partial charge in [-0.3, -0.25) is 14.5 Å². The van der Waals surface area contributed by atoms with Crippen LogP contribution in [0.5, 0.6) is 5.75 Å². The molecule has 1 aromatic carbocycles. The van der Waals surface area contributed by atoms with E-state index in [0.717, 1.165) is 37.2 Å². The molecule has 0 saturated carbocycles. The number of carbonyl (C=O) groups is 2. The van der Waals surface area contributed by atoms with Gasteiger partial charge < -0.3 is 15.8 Å². The van der Waals surface area contributed by atoms with Gasteiger partial charge in [0.25, 0.3) is 0 Å². The molecule has 0 spiro atoms. The summed E-state index contributed by atoms with van der Waals surface area (Å²) in [7, 11) is 0. The van der Waals surface area contributed by atoms with E-state index in [4.69, 9.17) is 10.5 Å². The van der Waals surface area contributed by atoms with Crippen molar-refractivity contribution in [3.63, 3.8) is 0 Å². The third-order valence-electron chi connectivity index (χ3n) is 4.23. The molecule has 0 bridgehead atoms. The number of primary amides is 1. The highest BCUT2D eigenvalue weighted by atomic mass is 16.5. The van der Waals surface area contributed by atoms with Crippen molar-refractivity contribution in [3.8, 4) is 5.75 Å². The fraction of sp³-hybridized carbons (Fsp3) is 0.556. The predicted octanol–water partition coefficient (Wildman–Crippen LogP) is 1.08. The van der Waals surface area contributed by atoms with Crippen molar-refractivity contribution < 1.29 is 14.3 Å². The lowest BCUT2D eigenvalue weighted by atomic mass is 10.0. The molecule has 0 aromatic heterocycles. The minimum atomic E-state index is -0.301. The molecule has 3 N–H and O–H groups in total. The molecule has 6 nitrogen and oxygen atoms in total. The van der Waals surface area contributed by atoms with E-state index in [0.29, 0.717) is 26.0 Å². The maximum Gasteiger partial charge on any atom is 0.231 e. The number of hydrogen-bond acceptors (Lipinski definition) is 4. The maximum absolute atomic E-state index is 12.2. The van der Waals surface area contributed by atoms with E-state index in [1.54, 1.807) is 0 Å². The SMILES string of the molecule is CCOc1ccccc1CCC(=O)NC1CCN(CC(N)=O)CC1. The van der Waals surface area contributed by atoms with Crippen LogP contribution in [0.1, 0.15) is 31.7 Å². The lowest BCUT2D eigenvalue weighted by Gasteiger charge is -2.31. The Morgan fingerprint density at radius 1 is 1.29 bits per heavy atom. The van der Waals surface area contributed by atoms with Gasteiger partial charge >= 0.3 is 0 Å². The second kappa shape index (κ2) is 9.27. The molecular weight excluding hydrogens is 306 g/mol. The number of likely N-dealkylation sites (tertiary alicyclic amines) is 1. The smallest absolute Gasteiger partial charge is 0.231 e. The molecule has 24 heavy (non-hydrogen) atoms. The normalized spacial score (nSPS) is 15.9. The van der Waals surface area contributed by atoms with Gasteiger partial charge in [0.1, 0.15) is 5.75 Å². The monoisotopic (exact) mass is 333 g/mol. The molecule has 1 aliphatic heterocycles. The zero-order chi connectivity index (χ0) is 17.4. The third-order valence-corrected chi connectivity index (χ3v) is 4.23. The van der Waals surface area contributed by atoms with E-state index in [9.17, 15) is 9.59 Å². The van der Waals surface area contributed by atoms with Crippen LogP contribution in [0, 0.1) is 0 Å². The van der Waals surface area contributed by atoms with Gasteiger partial charge in [-0.2, -0.15) is 0 Å². The Hall–Kier alpha value is -2.08. The van der Waals surface area contributed by atoms with E-state index in [1.165, 1.54) is 0 Å². The average Bonchev–Trinajstić information content (AvgIpc) is 2.56. The fourth-order valence-electron chi connectivity index (χ4n) is 3.01. The van der Waals surface area contributed by atoms with Gasteiger partial charge in [0, 0.05) is 25.6 Å². The largest absolute Gasteiger partial charge is 0.494 e. The maximum atomic E-state index is 12.2. The van der Waals surface area contributed by atoms with Gasteiger partial charge in [-0.25, -0.2) is 0 Å². The van der Waals surface area contributed by atoms with Crippen molar-refractivity contribution in [2.45, 2.75) is 38.6 Å². The Balaban J connectivity index is 1.73. The van der Waals surface area contributed by atoms with Gasteiger partial charge in [0.2, 0.25) is 11.8 Å². The number of amides is 2. The molecule has 0 unspecified atom stereocenters. The molecule has 1 fully saturated rings. The highest BCUT2D eigenvalue weighted by molar-refractivity contribution is 5.77. The molecule has 1 aliphatic rings. The molecule has 2 amide bonds. The number of piperidine rings is 1. The van der Waals surface area contributed by atoms with Gasteiger partial charge in [0.05, 0.1) is 13.2 Å². The van der Waals surface area contributed by atoms with Crippen LogP contribution in [0.3, 0.4) is 0 Å². The Bertz CT molecular complexity index is 554. The highest BCUT2D eigenvalue weighted by Gasteiger charge is 2.21. The van der Waals surface area contributed by atoms with Crippen molar-refractivity contribution in [2.75, 3.05) is 26.2 Å². The van der Waals surface area contributed by atoms with Crippen LogP contribution >= 0.6 is 0 Å². The van der Waals surface area contributed by atoms with Crippen LogP contribution in [0.2, 0.25) is 0 Å². The van der Waals surface area contributed by atoms with E-state index in [-0.39, 0.29) is 17.9 Å². The van der Waals surface area contributed by atoms with Crippen LogP contribution < -0.4 is 15.8 Å². The summed E-state index contributed by atoms with van der Waals surface area (Å²) in [6, 6.07) is 8.02. The molecule has 1 saturated heterocycles. The Morgan fingerprint density at radius 3 is 2.67 bits per heavy atom. The number of para-hydroxylation sites is 1. The molecule has 1 aromatic rings. The van der Waals surface area contributed by atoms with Crippen LogP contribution in [0.4, 0.5) is 0 Å². The highest BCUT2D eigenvalue weighted by Crippen LogP contribution is 2.19. The van der Waals surface area contributed by atoms with Gasteiger partial charge in [-0.05, 0) is 37.8 Å². The first-order chi connectivity index (χ1) is 11.6. The van der Waals surface area contributed by atoms with Crippen LogP contribution in [-0.2, 0) is 16.0 Å². The summed E-state index contributed by atoms with van der Waals surface area (Å²) in [6.07, 6.45) is 2.83. The summed E-state index contributed by atoms with van der Waals surface area (Å²) in [5, 5.41) is 3.09. The second-order valence-corrected chi connectivity index (χ2v) is 6.12. The number of ether oxygens (including phenoxy) is 1.